The minimum Gasteiger partial charge on any atom is -0.452 e. The number of alkyl halides is 3. The lowest BCUT2D eigenvalue weighted by molar-refractivity contribution is -0.137. The van der Waals surface area contributed by atoms with Gasteiger partial charge >= 0.3 is 12.1 Å². The van der Waals surface area contributed by atoms with Crippen LogP contribution in [0.3, 0.4) is 0 Å². The number of halogens is 3. The van der Waals surface area contributed by atoms with Gasteiger partial charge in [0.25, 0.3) is 5.91 Å². The molecule has 0 atom stereocenters. The Labute approximate surface area is 174 Å². The second kappa shape index (κ2) is 8.86. The van der Waals surface area contributed by atoms with E-state index in [1.165, 1.54) is 30.4 Å². The number of hydrogen-bond acceptors (Lipinski definition) is 5. The van der Waals surface area contributed by atoms with Crippen molar-refractivity contribution in [2.24, 2.45) is 0 Å². The number of anilines is 2. The third-order valence-corrected chi connectivity index (χ3v) is 5.71. The van der Waals surface area contributed by atoms with Crippen molar-refractivity contribution in [2.75, 3.05) is 17.2 Å². The molecular formula is C20H19F3N2O4S. The number of carbonyl (C=O) groups excluding carboxylic acids is 3. The van der Waals surface area contributed by atoms with E-state index < -0.39 is 35.9 Å². The molecule has 0 bridgehead atoms. The summed E-state index contributed by atoms with van der Waals surface area (Å²) in [6.45, 7) is 0.564. The van der Waals surface area contributed by atoms with Crippen LogP contribution in [0.15, 0.2) is 24.3 Å². The van der Waals surface area contributed by atoms with Crippen LogP contribution in [-0.2, 0) is 33.3 Å². The van der Waals surface area contributed by atoms with E-state index in [1.807, 2.05) is 0 Å². The van der Waals surface area contributed by atoms with E-state index in [0.717, 1.165) is 41.8 Å². The first-order chi connectivity index (χ1) is 14.2. The molecule has 6 nitrogen and oxygen atoms in total. The second-order valence-corrected chi connectivity index (χ2v) is 7.87. The quantitative estimate of drug-likeness (QED) is 0.675. The van der Waals surface area contributed by atoms with Gasteiger partial charge in [-0.15, -0.1) is 11.3 Å². The van der Waals surface area contributed by atoms with E-state index in [1.54, 1.807) is 0 Å². The van der Waals surface area contributed by atoms with Crippen LogP contribution in [0.5, 0.6) is 0 Å². The van der Waals surface area contributed by atoms with E-state index in [-0.39, 0.29) is 11.5 Å². The molecule has 3 rings (SSSR count). The smallest absolute Gasteiger partial charge is 0.418 e. The number of benzene rings is 1. The van der Waals surface area contributed by atoms with Crippen molar-refractivity contribution in [2.45, 2.75) is 38.8 Å². The van der Waals surface area contributed by atoms with Crippen LogP contribution in [0.4, 0.5) is 23.9 Å². The zero-order valence-corrected chi connectivity index (χ0v) is 16.8. The lowest BCUT2D eigenvalue weighted by Gasteiger charge is -2.14. The fourth-order valence-electron chi connectivity index (χ4n) is 3.26. The first kappa shape index (κ1) is 21.8. The van der Waals surface area contributed by atoms with Crippen LogP contribution in [0.2, 0.25) is 0 Å². The van der Waals surface area contributed by atoms with Gasteiger partial charge in [-0.25, -0.2) is 4.79 Å². The third-order valence-electron chi connectivity index (χ3n) is 4.51. The van der Waals surface area contributed by atoms with Gasteiger partial charge in [0.2, 0.25) is 5.91 Å². The van der Waals surface area contributed by atoms with Crippen molar-refractivity contribution in [3.8, 4) is 0 Å². The van der Waals surface area contributed by atoms with E-state index >= 15 is 0 Å². The summed E-state index contributed by atoms with van der Waals surface area (Å²) in [7, 11) is 0. The van der Waals surface area contributed by atoms with Crippen molar-refractivity contribution in [3.63, 3.8) is 0 Å². The van der Waals surface area contributed by atoms with Crippen LogP contribution in [0, 0.1) is 0 Å². The zero-order valence-electron chi connectivity index (χ0n) is 16.0. The summed E-state index contributed by atoms with van der Waals surface area (Å²) in [5.41, 5.74) is -0.404. The maximum absolute atomic E-state index is 13.0. The number of para-hydroxylation sites is 1. The Kier molecular flexibility index (Phi) is 6.45. The number of thiophene rings is 1. The van der Waals surface area contributed by atoms with Gasteiger partial charge < -0.3 is 15.4 Å². The normalized spacial score (nSPS) is 13.3. The molecule has 0 saturated carbocycles. The lowest BCUT2D eigenvalue weighted by Crippen LogP contribution is -2.23. The molecule has 2 N–H and O–H groups in total. The summed E-state index contributed by atoms with van der Waals surface area (Å²) >= 11 is 1.30. The van der Waals surface area contributed by atoms with Crippen molar-refractivity contribution < 1.29 is 32.3 Å². The predicted molar refractivity (Wildman–Crippen MR) is 106 cm³/mol. The van der Waals surface area contributed by atoms with Crippen LogP contribution in [0.25, 0.3) is 0 Å². The average molecular weight is 440 g/mol. The van der Waals surface area contributed by atoms with Gasteiger partial charge in [-0.1, -0.05) is 12.1 Å². The molecule has 160 valence electrons. The highest BCUT2D eigenvalue weighted by molar-refractivity contribution is 7.17. The standard InChI is InChI=1S/C20H19F3N2O4S/c1-11(26)24-18-17(12-6-2-5-9-15(12)30-18)19(28)29-10-16(27)25-14-8-4-3-7-13(14)20(21,22)23/h3-4,7-8H,2,5-6,9-10H2,1H3,(H,24,26)(H,25,27). The largest absolute Gasteiger partial charge is 0.452 e. The Balaban J connectivity index is 1.71. The van der Waals surface area contributed by atoms with E-state index in [4.69, 9.17) is 4.74 Å². The SMILES string of the molecule is CC(=O)Nc1sc2c(c1C(=O)OCC(=O)Nc1ccccc1C(F)(F)F)CCCC2. The average Bonchev–Trinajstić information content (AvgIpc) is 3.02. The summed E-state index contributed by atoms with van der Waals surface area (Å²) in [5.74, 6) is -2.04. The molecule has 2 amide bonds. The first-order valence-electron chi connectivity index (χ1n) is 9.22. The molecule has 1 heterocycles. The monoisotopic (exact) mass is 440 g/mol. The van der Waals surface area contributed by atoms with Gasteiger partial charge in [-0.2, -0.15) is 13.2 Å². The number of ether oxygens (including phenoxy) is 1. The molecule has 2 aromatic rings. The Morgan fingerprint density at radius 3 is 2.50 bits per heavy atom. The van der Waals surface area contributed by atoms with Gasteiger partial charge in [-0.3, -0.25) is 9.59 Å². The third kappa shape index (κ3) is 4.99. The number of hydrogen-bond donors (Lipinski definition) is 2. The molecule has 0 saturated heterocycles. The fourth-order valence-corrected chi connectivity index (χ4v) is 4.58. The number of fused-ring (bicyclic) bond motifs is 1. The Hall–Kier alpha value is -2.88. The van der Waals surface area contributed by atoms with E-state index in [9.17, 15) is 27.6 Å². The molecule has 0 spiro atoms. The summed E-state index contributed by atoms with van der Waals surface area (Å²) in [6.07, 6.45) is -1.33. The molecule has 1 aromatic carbocycles. The highest BCUT2D eigenvalue weighted by Gasteiger charge is 2.33. The number of rotatable bonds is 5. The summed E-state index contributed by atoms with van der Waals surface area (Å²) in [4.78, 5) is 37.2. The molecule has 10 heteroatoms. The minimum absolute atomic E-state index is 0.216. The Morgan fingerprint density at radius 2 is 1.80 bits per heavy atom. The fraction of sp³-hybridized carbons (Fsp3) is 0.350. The van der Waals surface area contributed by atoms with Crippen LogP contribution in [-0.4, -0.2) is 24.4 Å². The first-order valence-corrected chi connectivity index (χ1v) is 10.0. The Bertz CT molecular complexity index is 985. The van der Waals surface area contributed by atoms with Gasteiger partial charge in [0.15, 0.2) is 6.61 Å². The maximum Gasteiger partial charge on any atom is 0.418 e. The molecule has 1 aliphatic carbocycles. The molecule has 0 aliphatic heterocycles. The van der Waals surface area contributed by atoms with Gasteiger partial charge in [0.1, 0.15) is 5.00 Å². The second-order valence-electron chi connectivity index (χ2n) is 6.76. The number of esters is 1. The Morgan fingerprint density at radius 1 is 1.10 bits per heavy atom. The number of nitrogens with one attached hydrogen (secondary N) is 2. The van der Waals surface area contributed by atoms with Crippen LogP contribution in [0.1, 0.15) is 46.1 Å². The molecule has 0 radical (unpaired) electrons. The van der Waals surface area contributed by atoms with Crippen molar-refractivity contribution in [1.29, 1.82) is 0 Å². The number of aryl methyl sites for hydroxylation is 1. The number of carbonyl (C=O) groups is 3. The zero-order chi connectivity index (χ0) is 21.9. The summed E-state index contributed by atoms with van der Waals surface area (Å²) in [6, 6.07) is 4.53. The van der Waals surface area contributed by atoms with Gasteiger partial charge in [0.05, 0.1) is 16.8 Å². The number of amides is 2. The topological polar surface area (TPSA) is 84.5 Å². The lowest BCUT2D eigenvalue weighted by atomic mass is 9.95. The highest BCUT2D eigenvalue weighted by Crippen LogP contribution is 2.38. The van der Waals surface area contributed by atoms with Crippen molar-refractivity contribution in [1.82, 2.24) is 0 Å². The van der Waals surface area contributed by atoms with Crippen molar-refractivity contribution >= 4 is 39.8 Å². The molecule has 0 fully saturated rings. The highest BCUT2D eigenvalue weighted by atomic mass is 32.1. The summed E-state index contributed by atoms with van der Waals surface area (Å²) < 4.78 is 44.2. The van der Waals surface area contributed by atoms with Crippen molar-refractivity contribution in [3.05, 3.63) is 45.8 Å². The van der Waals surface area contributed by atoms with Gasteiger partial charge in [-0.05, 0) is 43.4 Å². The van der Waals surface area contributed by atoms with E-state index in [2.05, 4.69) is 10.6 Å². The molecule has 30 heavy (non-hydrogen) atoms. The maximum atomic E-state index is 13.0. The van der Waals surface area contributed by atoms with Crippen LogP contribution >= 0.6 is 11.3 Å². The molecular weight excluding hydrogens is 421 g/mol. The van der Waals surface area contributed by atoms with E-state index in [0.29, 0.717) is 11.4 Å². The van der Waals surface area contributed by atoms with Gasteiger partial charge in [0, 0.05) is 11.8 Å². The molecule has 1 aliphatic rings. The molecule has 1 aromatic heterocycles. The summed E-state index contributed by atoms with van der Waals surface area (Å²) in [5, 5.41) is 5.10. The van der Waals surface area contributed by atoms with Crippen LogP contribution < -0.4 is 10.6 Å². The predicted octanol–water partition coefficient (Wildman–Crippen LogP) is 4.40. The molecule has 0 unspecified atom stereocenters. The minimum atomic E-state index is -4.64.